The van der Waals surface area contributed by atoms with Gasteiger partial charge in [0.1, 0.15) is 0 Å². The number of benzene rings is 1. The van der Waals surface area contributed by atoms with Crippen LogP contribution in [0.2, 0.25) is 4.47 Å². The van der Waals surface area contributed by atoms with Gasteiger partial charge in [0.15, 0.2) is 15.9 Å². The van der Waals surface area contributed by atoms with Crippen LogP contribution in [0.4, 0.5) is 5.69 Å². The number of nitrogens with zero attached hydrogens (tertiary/aromatic N) is 5. The lowest BCUT2D eigenvalue weighted by Gasteiger charge is -2.07. The molecular formula is C19H13ClN6S2. The van der Waals surface area contributed by atoms with Crippen LogP contribution in [0, 0.1) is 0 Å². The maximum absolute atomic E-state index is 5.90. The highest BCUT2D eigenvalue weighted by molar-refractivity contribution is 7.15. The molecular weight excluding hydrogens is 412 g/mol. The second kappa shape index (κ2) is 7.31. The number of hydrogen-bond donors (Lipinski definition) is 1. The molecule has 0 bridgehead atoms. The van der Waals surface area contributed by atoms with Crippen LogP contribution in [0.1, 0.15) is 4.88 Å². The van der Waals surface area contributed by atoms with Gasteiger partial charge in [-0.3, -0.25) is 0 Å². The SMILES string of the molecule is Clc1ncc(CNc2cccc(-c3ccc4nnc(-c5cccs5)n4n3)c2)s1. The molecule has 0 atom stereocenters. The highest BCUT2D eigenvalue weighted by Crippen LogP contribution is 2.26. The quantitative estimate of drug-likeness (QED) is 0.417. The zero-order valence-corrected chi connectivity index (χ0v) is 16.8. The monoisotopic (exact) mass is 424 g/mol. The number of anilines is 1. The van der Waals surface area contributed by atoms with Gasteiger partial charge in [0.2, 0.25) is 0 Å². The smallest absolute Gasteiger partial charge is 0.195 e. The first-order chi connectivity index (χ1) is 13.8. The summed E-state index contributed by atoms with van der Waals surface area (Å²) in [6.45, 7) is 0.675. The highest BCUT2D eigenvalue weighted by Gasteiger charge is 2.11. The van der Waals surface area contributed by atoms with Crippen molar-refractivity contribution in [2.24, 2.45) is 0 Å². The normalized spacial score (nSPS) is 11.2. The van der Waals surface area contributed by atoms with Gasteiger partial charge in [-0.05, 0) is 35.7 Å². The Hall–Kier alpha value is -2.81. The van der Waals surface area contributed by atoms with Crippen LogP contribution in [0.15, 0.2) is 60.1 Å². The van der Waals surface area contributed by atoms with Gasteiger partial charge in [-0.25, -0.2) is 4.98 Å². The molecule has 6 nitrogen and oxygen atoms in total. The zero-order chi connectivity index (χ0) is 18.9. The summed E-state index contributed by atoms with van der Waals surface area (Å²) in [6, 6.07) is 16.1. The third-order valence-electron chi connectivity index (χ3n) is 4.15. The van der Waals surface area contributed by atoms with Gasteiger partial charge in [-0.2, -0.15) is 9.61 Å². The molecule has 4 aromatic heterocycles. The predicted molar refractivity (Wildman–Crippen MR) is 114 cm³/mol. The lowest BCUT2D eigenvalue weighted by molar-refractivity contribution is 0.944. The van der Waals surface area contributed by atoms with Crippen LogP contribution in [0.5, 0.6) is 0 Å². The van der Waals surface area contributed by atoms with E-state index < -0.39 is 0 Å². The van der Waals surface area contributed by atoms with Gasteiger partial charge in [0.25, 0.3) is 0 Å². The lowest BCUT2D eigenvalue weighted by atomic mass is 10.1. The van der Waals surface area contributed by atoms with Crippen molar-refractivity contribution in [2.45, 2.75) is 6.54 Å². The molecule has 0 aliphatic heterocycles. The summed E-state index contributed by atoms with van der Waals surface area (Å²) < 4.78 is 2.35. The van der Waals surface area contributed by atoms with Crippen molar-refractivity contribution in [3.05, 3.63) is 69.5 Å². The molecule has 0 saturated heterocycles. The molecule has 138 valence electrons. The first kappa shape index (κ1) is 17.3. The van der Waals surface area contributed by atoms with Crippen molar-refractivity contribution in [1.29, 1.82) is 0 Å². The number of thiazole rings is 1. The van der Waals surface area contributed by atoms with Crippen LogP contribution in [0.25, 0.3) is 27.6 Å². The average molecular weight is 425 g/mol. The minimum atomic E-state index is 0.554. The maximum atomic E-state index is 5.90. The molecule has 5 rings (SSSR count). The van der Waals surface area contributed by atoms with Crippen LogP contribution >= 0.6 is 34.3 Å². The van der Waals surface area contributed by atoms with Crippen molar-refractivity contribution < 1.29 is 0 Å². The topological polar surface area (TPSA) is 68.0 Å². The number of nitrogens with one attached hydrogen (secondary N) is 1. The summed E-state index contributed by atoms with van der Waals surface area (Å²) in [5.41, 5.74) is 3.60. The molecule has 9 heteroatoms. The molecule has 1 aromatic carbocycles. The van der Waals surface area contributed by atoms with E-state index in [1.807, 2.05) is 47.8 Å². The number of fused-ring (bicyclic) bond motifs is 1. The van der Waals surface area contributed by atoms with Crippen LogP contribution in [-0.2, 0) is 6.54 Å². The average Bonchev–Trinajstić information content (AvgIpc) is 3.46. The first-order valence-electron chi connectivity index (χ1n) is 8.47. The van der Waals surface area contributed by atoms with E-state index in [1.165, 1.54) is 11.3 Å². The Bertz CT molecular complexity index is 1240. The van der Waals surface area contributed by atoms with Gasteiger partial charge in [-0.1, -0.05) is 29.8 Å². The van der Waals surface area contributed by atoms with Crippen LogP contribution < -0.4 is 5.32 Å². The Morgan fingerprint density at radius 3 is 2.86 bits per heavy atom. The lowest BCUT2D eigenvalue weighted by Crippen LogP contribution is -1.99. The van der Waals surface area contributed by atoms with Crippen molar-refractivity contribution >= 4 is 45.6 Å². The Kier molecular flexibility index (Phi) is 4.52. The third kappa shape index (κ3) is 3.37. The molecule has 28 heavy (non-hydrogen) atoms. The fourth-order valence-corrected chi connectivity index (χ4v) is 4.46. The summed E-state index contributed by atoms with van der Waals surface area (Å²) in [5.74, 6) is 0.753. The number of aromatic nitrogens is 5. The number of thiophene rings is 1. The summed E-state index contributed by atoms with van der Waals surface area (Å²) in [7, 11) is 0. The van der Waals surface area contributed by atoms with Gasteiger partial charge in [-0.15, -0.1) is 32.9 Å². The molecule has 0 fully saturated rings. The summed E-state index contributed by atoms with van der Waals surface area (Å²) in [5, 5.41) is 18.7. The fraction of sp³-hybridized carbons (Fsp3) is 0.0526. The molecule has 1 N–H and O–H groups in total. The van der Waals surface area contributed by atoms with Crippen LogP contribution in [0.3, 0.4) is 0 Å². The molecule has 0 unspecified atom stereocenters. The van der Waals surface area contributed by atoms with Crippen molar-refractivity contribution in [2.75, 3.05) is 5.32 Å². The Morgan fingerprint density at radius 2 is 2.04 bits per heavy atom. The summed E-state index contributed by atoms with van der Waals surface area (Å²) >= 11 is 8.99. The van der Waals surface area contributed by atoms with E-state index in [2.05, 4.69) is 26.6 Å². The standard InChI is InChI=1S/C19H13ClN6S2/c20-19-22-11-14(28-19)10-21-13-4-1-3-12(9-13)15-6-7-17-23-24-18(26(17)25-15)16-5-2-8-27-16/h1-9,11,21H,10H2. The highest BCUT2D eigenvalue weighted by atomic mass is 35.5. The number of hydrogen-bond acceptors (Lipinski definition) is 7. The zero-order valence-electron chi connectivity index (χ0n) is 14.4. The van der Waals surface area contributed by atoms with Gasteiger partial charge >= 0.3 is 0 Å². The molecule has 0 aliphatic carbocycles. The maximum Gasteiger partial charge on any atom is 0.195 e. The van der Waals surface area contributed by atoms with E-state index >= 15 is 0 Å². The van der Waals surface area contributed by atoms with Crippen LogP contribution in [-0.4, -0.2) is 24.8 Å². The van der Waals surface area contributed by atoms with Gasteiger partial charge < -0.3 is 5.32 Å². The molecule has 0 radical (unpaired) electrons. The van der Waals surface area contributed by atoms with E-state index in [-0.39, 0.29) is 0 Å². The second-order valence-electron chi connectivity index (χ2n) is 6.00. The summed E-state index contributed by atoms with van der Waals surface area (Å²) in [4.78, 5) is 6.19. The second-order valence-corrected chi connectivity index (χ2v) is 8.65. The molecule has 0 aliphatic rings. The number of halogens is 1. The first-order valence-corrected chi connectivity index (χ1v) is 10.5. The minimum absolute atomic E-state index is 0.554. The van der Waals surface area contributed by atoms with Crippen molar-refractivity contribution in [3.63, 3.8) is 0 Å². The molecule has 0 spiro atoms. The van der Waals surface area contributed by atoms with E-state index in [0.717, 1.165) is 38.2 Å². The van der Waals surface area contributed by atoms with E-state index in [9.17, 15) is 0 Å². The van der Waals surface area contributed by atoms with Gasteiger partial charge in [0.05, 0.1) is 17.1 Å². The van der Waals surface area contributed by atoms with E-state index in [4.69, 9.17) is 16.7 Å². The molecule has 4 heterocycles. The number of rotatable bonds is 5. The minimum Gasteiger partial charge on any atom is -0.380 e. The van der Waals surface area contributed by atoms with Gasteiger partial charge in [0, 0.05) is 22.3 Å². The third-order valence-corrected chi connectivity index (χ3v) is 6.14. The van der Waals surface area contributed by atoms with E-state index in [1.54, 1.807) is 22.0 Å². The molecule has 0 amide bonds. The Labute approximate surface area is 173 Å². The van der Waals surface area contributed by atoms with Crippen molar-refractivity contribution in [1.82, 2.24) is 24.8 Å². The predicted octanol–water partition coefficient (Wildman–Crippen LogP) is 5.24. The molecule has 0 saturated carbocycles. The van der Waals surface area contributed by atoms with Crippen molar-refractivity contribution in [3.8, 4) is 22.0 Å². The largest absolute Gasteiger partial charge is 0.380 e. The van der Waals surface area contributed by atoms with E-state index in [0.29, 0.717) is 11.0 Å². The fourth-order valence-electron chi connectivity index (χ4n) is 2.85. The Morgan fingerprint density at radius 1 is 1.07 bits per heavy atom. The molecule has 5 aromatic rings. The Balaban J connectivity index is 1.45. The summed E-state index contributed by atoms with van der Waals surface area (Å²) in [6.07, 6.45) is 1.79.